The van der Waals surface area contributed by atoms with Gasteiger partial charge in [-0.1, -0.05) is 0 Å². The minimum Gasteiger partial charge on any atom is -0.465 e. The number of ketones is 1. The molecule has 0 radical (unpaired) electrons. The predicted octanol–water partition coefficient (Wildman–Crippen LogP) is 1.87. The van der Waals surface area contributed by atoms with Gasteiger partial charge in [0.1, 0.15) is 5.41 Å². The second kappa shape index (κ2) is 5.69. The van der Waals surface area contributed by atoms with Gasteiger partial charge in [0.25, 0.3) is 0 Å². The Morgan fingerprint density at radius 3 is 2.67 bits per heavy atom. The summed E-state index contributed by atoms with van der Waals surface area (Å²) in [5.74, 6) is -1.45. The molecule has 104 valence electrons. The third-order valence-electron chi connectivity index (χ3n) is 2.86. The van der Waals surface area contributed by atoms with Crippen molar-refractivity contribution in [2.24, 2.45) is 5.41 Å². The Morgan fingerprint density at radius 1 is 1.50 bits per heavy atom. The molecule has 0 aliphatic carbocycles. The van der Waals surface area contributed by atoms with Gasteiger partial charge in [-0.15, -0.1) is 0 Å². The van der Waals surface area contributed by atoms with Crippen molar-refractivity contribution in [3.63, 3.8) is 0 Å². The summed E-state index contributed by atoms with van der Waals surface area (Å²) in [6.45, 7) is 1.34. The number of carbonyl (C=O) groups excluding carboxylic acids is 2. The Balaban J connectivity index is 2.86. The topological polar surface area (TPSA) is 52.6 Å². The van der Waals surface area contributed by atoms with Crippen molar-refractivity contribution in [3.05, 3.63) is 0 Å². The van der Waals surface area contributed by atoms with Crippen LogP contribution in [0.15, 0.2) is 0 Å². The molecule has 1 unspecified atom stereocenters. The molecule has 0 bridgehead atoms. The highest BCUT2D eigenvalue weighted by molar-refractivity contribution is 6.04. The number of esters is 1. The number of carbonyl (C=O) groups is 2. The maximum absolute atomic E-state index is 12.3. The number of ether oxygens (including phenoxy) is 2. The van der Waals surface area contributed by atoms with Crippen molar-refractivity contribution in [2.45, 2.75) is 32.4 Å². The molecule has 18 heavy (non-hydrogen) atoms. The lowest BCUT2D eigenvalue weighted by Crippen LogP contribution is -2.48. The average Bonchev–Trinajstić information content (AvgIpc) is 2.27. The first kappa shape index (κ1) is 14.9. The molecule has 0 saturated carbocycles. The van der Waals surface area contributed by atoms with Crippen molar-refractivity contribution in [2.75, 3.05) is 19.8 Å². The number of halogens is 3. The third-order valence-corrected chi connectivity index (χ3v) is 2.86. The van der Waals surface area contributed by atoms with Crippen molar-refractivity contribution >= 4 is 11.8 Å². The second-order valence-electron chi connectivity index (χ2n) is 4.14. The van der Waals surface area contributed by atoms with Crippen LogP contribution >= 0.6 is 0 Å². The van der Waals surface area contributed by atoms with Crippen molar-refractivity contribution in [3.8, 4) is 0 Å². The summed E-state index contributed by atoms with van der Waals surface area (Å²) in [5, 5.41) is 0. The minimum atomic E-state index is -4.42. The maximum atomic E-state index is 12.3. The number of hydrogen-bond donors (Lipinski definition) is 0. The summed E-state index contributed by atoms with van der Waals surface area (Å²) in [6.07, 6.45) is -6.30. The molecular weight excluding hydrogens is 253 g/mol. The number of alkyl halides is 3. The maximum Gasteiger partial charge on any atom is 0.389 e. The van der Waals surface area contributed by atoms with E-state index < -0.39 is 36.2 Å². The first-order chi connectivity index (χ1) is 8.32. The SMILES string of the molecule is CCOC(=O)C1(CCC(F)(F)F)COCCC1=O. The van der Waals surface area contributed by atoms with E-state index in [-0.39, 0.29) is 26.2 Å². The Labute approximate surface area is 102 Å². The van der Waals surface area contributed by atoms with Gasteiger partial charge in [-0.25, -0.2) is 0 Å². The molecule has 0 aromatic carbocycles. The third kappa shape index (κ3) is 3.44. The van der Waals surface area contributed by atoms with E-state index in [9.17, 15) is 22.8 Å². The highest BCUT2D eigenvalue weighted by atomic mass is 19.4. The summed E-state index contributed by atoms with van der Waals surface area (Å²) < 4.78 is 46.5. The summed E-state index contributed by atoms with van der Waals surface area (Å²) in [4.78, 5) is 23.6. The molecule has 1 fully saturated rings. The molecule has 1 aliphatic heterocycles. The molecule has 0 aromatic heterocycles. The van der Waals surface area contributed by atoms with E-state index in [0.29, 0.717) is 0 Å². The van der Waals surface area contributed by atoms with Crippen LogP contribution in [0.3, 0.4) is 0 Å². The lowest BCUT2D eigenvalue weighted by Gasteiger charge is -2.33. The van der Waals surface area contributed by atoms with Gasteiger partial charge >= 0.3 is 12.1 Å². The Bertz CT molecular complexity index is 327. The van der Waals surface area contributed by atoms with Crippen LogP contribution in [0.25, 0.3) is 0 Å². The van der Waals surface area contributed by atoms with Gasteiger partial charge < -0.3 is 9.47 Å². The lowest BCUT2D eigenvalue weighted by molar-refractivity contribution is -0.176. The van der Waals surface area contributed by atoms with Crippen LogP contribution in [0.5, 0.6) is 0 Å². The van der Waals surface area contributed by atoms with E-state index in [2.05, 4.69) is 0 Å². The van der Waals surface area contributed by atoms with E-state index in [1.807, 2.05) is 0 Å². The van der Waals surface area contributed by atoms with Gasteiger partial charge in [0.2, 0.25) is 0 Å². The number of hydrogen-bond acceptors (Lipinski definition) is 4. The fraction of sp³-hybridized carbons (Fsp3) is 0.818. The highest BCUT2D eigenvalue weighted by Crippen LogP contribution is 2.36. The first-order valence-electron chi connectivity index (χ1n) is 5.67. The highest BCUT2D eigenvalue weighted by Gasteiger charge is 2.50. The smallest absolute Gasteiger partial charge is 0.389 e. The molecule has 0 N–H and O–H groups in total. The minimum absolute atomic E-state index is 0.0138. The number of rotatable bonds is 4. The Hall–Kier alpha value is -1.11. The fourth-order valence-corrected chi connectivity index (χ4v) is 1.84. The molecule has 4 nitrogen and oxygen atoms in total. The molecule has 1 aliphatic rings. The Kier molecular flexibility index (Phi) is 4.72. The molecule has 1 rings (SSSR count). The van der Waals surface area contributed by atoms with Crippen LogP contribution in [0.2, 0.25) is 0 Å². The van der Waals surface area contributed by atoms with Crippen molar-refractivity contribution in [1.82, 2.24) is 0 Å². The lowest BCUT2D eigenvalue weighted by atomic mass is 9.77. The standard InChI is InChI=1S/C11H15F3O4/c1-2-18-9(16)10(4-5-11(12,13)14)7-17-6-3-8(10)15/h2-7H2,1H3. The predicted molar refractivity (Wildman–Crippen MR) is 54.8 cm³/mol. The molecule has 0 spiro atoms. The van der Waals surface area contributed by atoms with Crippen molar-refractivity contribution < 1.29 is 32.2 Å². The van der Waals surface area contributed by atoms with Gasteiger partial charge in [0, 0.05) is 12.8 Å². The second-order valence-corrected chi connectivity index (χ2v) is 4.14. The molecule has 0 amide bonds. The largest absolute Gasteiger partial charge is 0.465 e. The van der Waals surface area contributed by atoms with Crippen LogP contribution in [-0.4, -0.2) is 37.7 Å². The zero-order chi connectivity index (χ0) is 13.8. The van der Waals surface area contributed by atoms with E-state index >= 15 is 0 Å². The van der Waals surface area contributed by atoms with E-state index in [4.69, 9.17) is 9.47 Å². The van der Waals surface area contributed by atoms with Crippen LogP contribution < -0.4 is 0 Å². The van der Waals surface area contributed by atoms with Crippen LogP contribution in [-0.2, 0) is 19.1 Å². The van der Waals surface area contributed by atoms with Crippen LogP contribution in [0, 0.1) is 5.41 Å². The van der Waals surface area contributed by atoms with Gasteiger partial charge in [0.05, 0.1) is 19.8 Å². The van der Waals surface area contributed by atoms with Gasteiger partial charge in [0.15, 0.2) is 5.78 Å². The number of Topliss-reactive ketones (excluding diaryl/α,β-unsaturated/α-hetero) is 1. The van der Waals surface area contributed by atoms with E-state index in [1.165, 1.54) is 6.92 Å². The van der Waals surface area contributed by atoms with Crippen molar-refractivity contribution in [1.29, 1.82) is 0 Å². The zero-order valence-corrected chi connectivity index (χ0v) is 10.0. The normalized spacial score (nSPS) is 25.0. The summed E-state index contributed by atoms with van der Waals surface area (Å²) in [5.41, 5.74) is -1.79. The zero-order valence-electron chi connectivity index (χ0n) is 10.0. The summed E-state index contributed by atoms with van der Waals surface area (Å²) in [6, 6.07) is 0. The molecule has 1 heterocycles. The van der Waals surface area contributed by atoms with Gasteiger partial charge in [-0.3, -0.25) is 9.59 Å². The van der Waals surface area contributed by atoms with Gasteiger partial charge in [-0.05, 0) is 13.3 Å². The summed E-state index contributed by atoms with van der Waals surface area (Å²) >= 11 is 0. The van der Waals surface area contributed by atoms with Crippen LogP contribution in [0.4, 0.5) is 13.2 Å². The first-order valence-corrected chi connectivity index (χ1v) is 5.67. The summed E-state index contributed by atoms with van der Waals surface area (Å²) in [7, 11) is 0. The van der Waals surface area contributed by atoms with Crippen LogP contribution in [0.1, 0.15) is 26.2 Å². The molecule has 7 heteroatoms. The molecule has 0 aromatic rings. The molecule has 1 atom stereocenters. The quantitative estimate of drug-likeness (QED) is 0.577. The molecule has 1 saturated heterocycles. The monoisotopic (exact) mass is 268 g/mol. The molecular formula is C11H15F3O4. The van der Waals surface area contributed by atoms with Gasteiger partial charge in [-0.2, -0.15) is 13.2 Å². The van der Waals surface area contributed by atoms with E-state index in [1.54, 1.807) is 0 Å². The fourth-order valence-electron chi connectivity index (χ4n) is 1.84. The van der Waals surface area contributed by atoms with E-state index in [0.717, 1.165) is 0 Å². The Morgan fingerprint density at radius 2 is 2.17 bits per heavy atom. The average molecular weight is 268 g/mol.